The van der Waals surface area contributed by atoms with Gasteiger partial charge in [0.15, 0.2) is 0 Å². The molecule has 0 unspecified atom stereocenters. The van der Waals surface area contributed by atoms with Gasteiger partial charge in [-0.2, -0.15) is 0 Å². The fourth-order valence-electron chi connectivity index (χ4n) is 6.49. The van der Waals surface area contributed by atoms with Gasteiger partial charge >= 0.3 is 0 Å². The lowest BCUT2D eigenvalue weighted by molar-refractivity contribution is 0.670. The molecule has 8 aromatic carbocycles. The van der Waals surface area contributed by atoms with Gasteiger partial charge < -0.3 is 4.42 Å². The van der Waals surface area contributed by atoms with Crippen molar-refractivity contribution in [2.24, 2.45) is 0 Å². The van der Waals surface area contributed by atoms with E-state index in [-0.39, 0.29) is 51.3 Å². The molecule has 210 valence electrons. The molecule has 0 spiro atoms. The SMILES string of the molecule is [2H]c1c([2H])c([2H])c2c(-c3cccc4c3oc3ccccc34)c3c([2H])c([2H])c([2H])c([2H])c3c(-c3cc(-c4ccccc4)cc(-c4ccccc4)c3)c2c1[2H]. The Morgan fingerprint density at radius 3 is 1.47 bits per heavy atom. The number of furan rings is 1. The molecule has 9 rings (SSSR count). The Hall–Kier alpha value is -5.92. The molecule has 0 saturated heterocycles. The molecule has 0 aliphatic rings. The Kier molecular flexibility index (Phi) is 4.30. The zero-order valence-corrected chi connectivity index (χ0v) is 24.0. The van der Waals surface area contributed by atoms with Crippen molar-refractivity contribution in [3.63, 3.8) is 0 Å². The van der Waals surface area contributed by atoms with Crippen molar-refractivity contribution in [3.8, 4) is 44.5 Å². The summed E-state index contributed by atoms with van der Waals surface area (Å²) in [6.45, 7) is 0. The number of para-hydroxylation sites is 2. The fourth-order valence-corrected chi connectivity index (χ4v) is 6.49. The molecule has 1 heterocycles. The van der Waals surface area contributed by atoms with Gasteiger partial charge in [0.25, 0.3) is 0 Å². The maximum Gasteiger partial charge on any atom is 0.143 e. The summed E-state index contributed by atoms with van der Waals surface area (Å²) in [7, 11) is 0. The molecule has 0 saturated carbocycles. The van der Waals surface area contributed by atoms with Crippen molar-refractivity contribution in [2.45, 2.75) is 0 Å². The zero-order valence-electron chi connectivity index (χ0n) is 32.0. The summed E-state index contributed by atoms with van der Waals surface area (Å²) >= 11 is 0. The summed E-state index contributed by atoms with van der Waals surface area (Å²) in [4.78, 5) is 0. The van der Waals surface area contributed by atoms with Crippen molar-refractivity contribution >= 4 is 43.5 Å². The van der Waals surface area contributed by atoms with E-state index in [1.165, 1.54) is 0 Å². The van der Waals surface area contributed by atoms with E-state index in [0.29, 0.717) is 27.9 Å². The van der Waals surface area contributed by atoms with E-state index in [0.717, 1.165) is 33.0 Å². The molecule has 0 radical (unpaired) electrons. The highest BCUT2D eigenvalue weighted by molar-refractivity contribution is 6.24. The van der Waals surface area contributed by atoms with E-state index in [4.69, 9.17) is 9.90 Å². The van der Waals surface area contributed by atoms with Crippen molar-refractivity contribution in [1.82, 2.24) is 0 Å². The molecule has 1 heteroatoms. The van der Waals surface area contributed by atoms with E-state index < -0.39 is 24.2 Å². The second-order valence-corrected chi connectivity index (χ2v) is 11.1. The highest BCUT2D eigenvalue weighted by atomic mass is 16.3. The van der Waals surface area contributed by atoms with Crippen LogP contribution in [0.4, 0.5) is 0 Å². The van der Waals surface area contributed by atoms with Crippen LogP contribution < -0.4 is 0 Å². The first-order chi connectivity index (χ1) is 25.7. The first kappa shape index (κ1) is 18.7. The summed E-state index contributed by atoms with van der Waals surface area (Å²) in [5.41, 5.74) is 6.12. The number of rotatable bonds is 4. The lowest BCUT2D eigenvalue weighted by atomic mass is 9.84. The average Bonchev–Trinajstić information content (AvgIpc) is 3.59. The molecule has 0 atom stereocenters. The Bertz CT molecular complexity index is 2830. The van der Waals surface area contributed by atoms with Crippen LogP contribution in [0.3, 0.4) is 0 Å². The standard InChI is InChI=1S/C44H28O/c1-3-14-29(15-4-1)31-26-32(30-16-5-2-6-17-30)28-33(27-31)42-35-19-7-9-21-37(35)43(38-22-10-8-20-36(38)42)40-24-13-23-39-34-18-11-12-25-41(34)45-44(39)40/h1-28H/i7D,8D,9D,10D,19D,20D,21D,22D. The quantitative estimate of drug-likeness (QED) is 0.189. The van der Waals surface area contributed by atoms with E-state index in [1.54, 1.807) is 6.07 Å². The van der Waals surface area contributed by atoms with Crippen molar-refractivity contribution in [1.29, 1.82) is 0 Å². The van der Waals surface area contributed by atoms with Crippen LogP contribution in [0.15, 0.2) is 174 Å². The normalized spacial score (nSPS) is 14.0. The Balaban J connectivity index is 1.55. The van der Waals surface area contributed by atoms with Crippen LogP contribution in [-0.4, -0.2) is 0 Å². The Labute approximate surface area is 272 Å². The van der Waals surface area contributed by atoms with Gasteiger partial charge in [0.2, 0.25) is 0 Å². The molecule has 0 fully saturated rings. The fraction of sp³-hybridized carbons (Fsp3) is 0. The number of hydrogen-bond acceptors (Lipinski definition) is 1. The predicted molar refractivity (Wildman–Crippen MR) is 190 cm³/mol. The largest absolute Gasteiger partial charge is 0.455 e. The molecule has 0 N–H and O–H groups in total. The van der Waals surface area contributed by atoms with Crippen LogP contribution >= 0.6 is 0 Å². The third-order valence-electron chi connectivity index (χ3n) is 8.48. The van der Waals surface area contributed by atoms with Gasteiger partial charge in [0.05, 0.1) is 11.0 Å². The minimum atomic E-state index is -0.449. The highest BCUT2D eigenvalue weighted by Crippen LogP contribution is 2.47. The van der Waals surface area contributed by atoms with Gasteiger partial charge in [-0.05, 0) is 79.2 Å². The first-order valence-electron chi connectivity index (χ1n) is 18.8. The molecule has 0 aliphatic heterocycles. The second kappa shape index (κ2) is 10.4. The lowest BCUT2D eigenvalue weighted by Gasteiger charge is -2.19. The smallest absolute Gasteiger partial charge is 0.143 e. The molecule has 0 bridgehead atoms. The topological polar surface area (TPSA) is 13.1 Å². The van der Waals surface area contributed by atoms with Gasteiger partial charge in [-0.25, -0.2) is 0 Å². The van der Waals surface area contributed by atoms with E-state index in [9.17, 15) is 5.48 Å². The highest BCUT2D eigenvalue weighted by Gasteiger charge is 2.20. The summed E-state index contributed by atoms with van der Waals surface area (Å²) in [5.74, 6) is 0. The maximum absolute atomic E-state index is 9.45. The second-order valence-electron chi connectivity index (χ2n) is 11.1. The molecule has 0 aliphatic carbocycles. The lowest BCUT2D eigenvalue weighted by Crippen LogP contribution is -1.92. The van der Waals surface area contributed by atoms with Crippen LogP contribution in [0.1, 0.15) is 11.0 Å². The Morgan fingerprint density at radius 1 is 0.378 bits per heavy atom. The van der Waals surface area contributed by atoms with Crippen LogP contribution in [0.2, 0.25) is 0 Å². The summed E-state index contributed by atoms with van der Waals surface area (Å²) in [6, 6.07) is 35.5. The summed E-state index contributed by atoms with van der Waals surface area (Å²) < 4.78 is 79.7. The molecule has 1 aromatic heterocycles. The minimum Gasteiger partial charge on any atom is -0.455 e. The van der Waals surface area contributed by atoms with Gasteiger partial charge in [0.1, 0.15) is 11.2 Å². The van der Waals surface area contributed by atoms with Crippen molar-refractivity contribution < 1.29 is 15.4 Å². The zero-order chi connectivity index (χ0) is 36.7. The molecule has 1 nitrogen and oxygen atoms in total. The van der Waals surface area contributed by atoms with Gasteiger partial charge in [0, 0.05) is 21.9 Å². The first-order valence-corrected chi connectivity index (χ1v) is 14.8. The average molecular weight is 581 g/mol. The van der Waals surface area contributed by atoms with Crippen LogP contribution in [0.5, 0.6) is 0 Å². The predicted octanol–water partition coefficient (Wildman–Crippen LogP) is 12.6. The van der Waals surface area contributed by atoms with Crippen molar-refractivity contribution in [2.75, 3.05) is 0 Å². The molecular formula is C44H28O. The van der Waals surface area contributed by atoms with Crippen LogP contribution in [0, 0.1) is 0 Å². The number of hydrogen-bond donors (Lipinski definition) is 0. The van der Waals surface area contributed by atoms with E-state index >= 15 is 0 Å². The third kappa shape index (κ3) is 4.17. The number of fused-ring (bicyclic) bond motifs is 5. The molecule has 45 heavy (non-hydrogen) atoms. The van der Waals surface area contributed by atoms with E-state index in [1.807, 2.05) is 109 Å². The summed E-state index contributed by atoms with van der Waals surface area (Å²) in [5, 5.41) is 2.21. The Morgan fingerprint density at radius 2 is 0.867 bits per heavy atom. The molecule has 0 amide bonds. The monoisotopic (exact) mass is 580 g/mol. The molecular weight excluding hydrogens is 544 g/mol. The maximum atomic E-state index is 9.45. The molecule has 9 aromatic rings. The van der Waals surface area contributed by atoms with Gasteiger partial charge in [-0.1, -0.05) is 145 Å². The summed E-state index contributed by atoms with van der Waals surface area (Å²) in [6.07, 6.45) is 0. The van der Waals surface area contributed by atoms with Crippen LogP contribution in [0.25, 0.3) is 88.0 Å². The van der Waals surface area contributed by atoms with Crippen LogP contribution in [-0.2, 0) is 0 Å². The van der Waals surface area contributed by atoms with Gasteiger partial charge in [-0.3, -0.25) is 0 Å². The minimum absolute atomic E-state index is 0.142. The van der Waals surface area contributed by atoms with E-state index in [2.05, 4.69) is 6.07 Å². The number of benzene rings is 8. The van der Waals surface area contributed by atoms with Crippen molar-refractivity contribution in [3.05, 3.63) is 170 Å². The third-order valence-corrected chi connectivity index (χ3v) is 8.48. The van der Waals surface area contributed by atoms with Gasteiger partial charge in [-0.15, -0.1) is 0 Å².